The van der Waals surface area contributed by atoms with Crippen LogP contribution in [0, 0.1) is 5.82 Å². The zero-order chi connectivity index (χ0) is 13.2. The number of β-amino-alcohol motifs (C(OH)–C–C–N with tert-alkyl or cyclic N) is 1. The summed E-state index contributed by atoms with van der Waals surface area (Å²) in [7, 11) is 0. The highest BCUT2D eigenvalue weighted by atomic mass is 19.1. The average molecular weight is 251 g/mol. The van der Waals surface area contributed by atoms with Crippen LogP contribution in [0.1, 0.15) is 25.3 Å². The molecule has 1 N–H and O–H groups in total. The predicted molar refractivity (Wildman–Crippen MR) is 66.5 cm³/mol. The molecule has 1 fully saturated rings. The summed E-state index contributed by atoms with van der Waals surface area (Å²) >= 11 is 0. The fourth-order valence-electron chi connectivity index (χ4n) is 2.40. The molecule has 3 nitrogen and oxygen atoms in total. The normalized spacial score (nSPS) is 17.4. The second-order valence-electron chi connectivity index (χ2n) is 5.03. The lowest BCUT2D eigenvalue weighted by atomic mass is 9.89. The molecule has 1 aliphatic rings. The maximum Gasteiger partial charge on any atom is 0.227 e. The Morgan fingerprint density at radius 1 is 1.50 bits per heavy atom. The van der Waals surface area contributed by atoms with E-state index in [1.165, 1.54) is 12.1 Å². The maximum atomic E-state index is 13.0. The van der Waals surface area contributed by atoms with Crippen LogP contribution in [0.4, 0.5) is 4.39 Å². The van der Waals surface area contributed by atoms with Gasteiger partial charge in [-0.1, -0.05) is 25.5 Å². The number of carbonyl (C=O) groups is 1. The lowest BCUT2D eigenvalue weighted by Crippen LogP contribution is -2.63. The van der Waals surface area contributed by atoms with Crippen molar-refractivity contribution in [2.45, 2.75) is 31.8 Å². The Labute approximate surface area is 106 Å². The summed E-state index contributed by atoms with van der Waals surface area (Å²) in [6.45, 7) is 2.80. The lowest BCUT2D eigenvalue weighted by molar-refractivity contribution is -0.155. The number of carbonyl (C=O) groups excluding carboxylic acids is 1. The third-order valence-electron chi connectivity index (χ3n) is 3.28. The van der Waals surface area contributed by atoms with Gasteiger partial charge in [0.1, 0.15) is 5.82 Å². The Kier molecular flexibility index (Phi) is 3.66. The lowest BCUT2D eigenvalue weighted by Gasteiger charge is -2.46. The number of amides is 1. The topological polar surface area (TPSA) is 40.5 Å². The third kappa shape index (κ3) is 2.88. The first kappa shape index (κ1) is 13.0. The van der Waals surface area contributed by atoms with Crippen molar-refractivity contribution in [3.05, 3.63) is 35.6 Å². The van der Waals surface area contributed by atoms with E-state index in [0.717, 1.165) is 12.8 Å². The molecule has 1 amide bonds. The molecule has 1 saturated heterocycles. The number of rotatable bonds is 4. The zero-order valence-electron chi connectivity index (χ0n) is 10.5. The molecule has 4 heteroatoms. The van der Waals surface area contributed by atoms with Crippen LogP contribution in [0.25, 0.3) is 0 Å². The van der Waals surface area contributed by atoms with E-state index in [1.807, 2.05) is 6.92 Å². The first-order valence-corrected chi connectivity index (χ1v) is 6.27. The van der Waals surface area contributed by atoms with Crippen LogP contribution in [0.5, 0.6) is 0 Å². The highest BCUT2D eigenvalue weighted by molar-refractivity contribution is 5.79. The summed E-state index contributed by atoms with van der Waals surface area (Å²) in [5.41, 5.74) is -0.0299. The van der Waals surface area contributed by atoms with Gasteiger partial charge in [0.15, 0.2) is 0 Å². The van der Waals surface area contributed by atoms with Crippen molar-refractivity contribution >= 4 is 5.91 Å². The van der Waals surface area contributed by atoms with E-state index < -0.39 is 5.60 Å². The summed E-state index contributed by atoms with van der Waals surface area (Å²) < 4.78 is 13.0. The Bertz CT molecular complexity index is 441. The Morgan fingerprint density at radius 2 is 2.22 bits per heavy atom. The van der Waals surface area contributed by atoms with E-state index in [1.54, 1.807) is 17.0 Å². The number of hydrogen-bond acceptors (Lipinski definition) is 2. The standard InChI is InChI=1S/C14H18FNO2/c1-2-6-14(18)9-16(10-14)13(17)8-11-4-3-5-12(15)7-11/h3-5,7,18H,2,6,8-10H2,1H3. The largest absolute Gasteiger partial charge is 0.386 e. The van der Waals surface area contributed by atoms with E-state index >= 15 is 0 Å². The Hall–Kier alpha value is -1.42. The highest BCUT2D eigenvalue weighted by Crippen LogP contribution is 2.26. The van der Waals surface area contributed by atoms with Crippen molar-refractivity contribution in [3.63, 3.8) is 0 Å². The molecule has 0 radical (unpaired) electrons. The van der Waals surface area contributed by atoms with Crippen LogP contribution < -0.4 is 0 Å². The molecule has 1 aliphatic heterocycles. The fraction of sp³-hybridized carbons (Fsp3) is 0.500. The monoisotopic (exact) mass is 251 g/mol. The quantitative estimate of drug-likeness (QED) is 0.885. The van der Waals surface area contributed by atoms with Crippen LogP contribution >= 0.6 is 0 Å². The van der Waals surface area contributed by atoms with Gasteiger partial charge in [0.2, 0.25) is 5.91 Å². The van der Waals surface area contributed by atoms with Gasteiger partial charge in [-0.25, -0.2) is 4.39 Å². The maximum absolute atomic E-state index is 13.0. The first-order chi connectivity index (χ1) is 8.52. The van der Waals surface area contributed by atoms with Crippen LogP contribution in [0.15, 0.2) is 24.3 Å². The van der Waals surface area contributed by atoms with E-state index in [4.69, 9.17) is 0 Å². The van der Waals surface area contributed by atoms with Crippen molar-refractivity contribution in [3.8, 4) is 0 Å². The summed E-state index contributed by atoms with van der Waals surface area (Å²) in [5.74, 6) is -0.382. The first-order valence-electron chi connectivity index (χ1n) is 6.27. The van der Waals surface area contributed by atoms with Gasteiger partial charge in [0.25, 0.3) is 0 Å². The molecular formula is C14H18FNO2. The Balaban J connectivity index is 1.87. The summed E-state index contributed by atoms with van der Waals surface area (Å²) in [4.78, 5) is 13.5. The minimum atomic E-state index is -0.702. The van der Waals surface area contributed by atoms with Gasteiger partial charge < -0.3 is 10.0 Å². The van der Waals surface area contributed by atoms with Gasteiger partial charge in [0.05, 0.1) is 25.1 Å². The molecule has 1 aromatic rings. The number of benzene rings is 1. The number of likely N-dealkylation sites (tertiary alicyclic amines) is 1. The molecule has 0 spiro atoms. The van der Waals surface area contributed by atoms with Crippen molar-refractivity contribution in [2.75, 3.05) is 13.1 Å². The predicted octanol–water partition coefficient (Wildman–Crippen LogP) is 1.74. The molecule has 0 unspecified atom stereocenters. The number of hydrogen-bond donors (Lipinski definition) is 1. The van der Waals surface area contributed by atoms with Gasteiger partial charge in [-0.05, 0) is 24.1 Å². The Morgan fingerprint density at radius 3 is 2.83 bits per heavy atom. The number of aliphatic hydroxyl groups is 1. The molecule has 1 aromatic carbocycles. The van der Waals surface area contributed by atoms with Crippen LogP contribution in [0.2, 0.25) is 0 Å². The summed E-state index contributed by atoms with van der Waals surface area (Å²) in [5, 5.41) is 9.99. The van der Waals surface area contributed by atoms with E-state index in [9.17, 15) is 14.3 Å². The molecular weight excluding hydrogens is 233 g/mol. The molecule has 0 bridgehead atoms. The van der Waals surface area contributed by atoms with E-state index in [-0.39, 0.29) is 18.1 Å². The minimum absolute atomic E-state index is 0.0543. The van der Waals surface area contributed by atoms with Crippen molar-refractivity contribution in [1.82, 2.24) is 4.90 Å². The molecule has 18 heavy (non-hydrogen) atoms. The fourth-order valence-corrected chi connectivity index (χ4v) is 2.40. The van der Waals surface area contributed by atoms with Crippen LogP contribution in [0.3, 0.4) is 0 Å². The average Bonchev–Trinajstić information content (AvgIpc) is 2.26. The van der Waals surface area contributed by atoms with Gasteiger partial charge >= 0.3 is 0 Å². The van der Waals surface area contributed by atoms with Crippen molar-refractivity contribution in [1.29, 1.82) is 0 Å². The molecule has 0 aromatic heterocycles. The van der Waals surface area contributed by atoms with Gasteiger partial charge in [0, 0.05) is 0 Å². The third-order valence-corrected chi connectivity index (χ3v) is 3.28. The van der Waals surface area contributed by atoms with Gasteiger partial charge in [-0.2, -0.15) is 0 Å². The van der Waals surface area contributed by atoms with Gasteiger partial charge in [-0.3, -0.25) is 4.79 Å². The molecule has 0 aliphatic carbocycles. The summed E-state index contributed by atoms with van der Waals surface area (Å²) in [6, 6.07) is 6.06. The SMILES string of the molecule is CCCC1(O)CN(C(=O)Cc2cccc(F)c2)C1. The van der Waals surface area contributed by atoms with Crippen LogP contribution in [-0.4, -0.2) is 34.6 Å². The van der Waals surface area contributed by atoms with Crippen LogP contribution in [-0.2, 0) is 11.2 Å². The second kappa shape index (κ2) is 5.06. The van der Waals surface area contributed by atoms with Crippen molar-refractivity contribution in [2.24, 2.45) is 0 Å². The molecule has 0 atom stereocenters. The summed E-state index contributed by atoms with van der Waals surface area (Å²) in [6.07, 6.45) is 1.82. The van der Waals surface area contributed by atoms with E-state index in [0.29, 0.717) is 18.7 Å². The molecule has 0 saturated carbocycles. The van der Waals surface area contributed by atoms with Crippen molar-refractivity contribution < 1.29 is 14.3 Å². The molecule has 1 heterocycles. The number of halogens is 1. The van der Waals surface area contributed by atoms with Gasteiger partial charge in [-0.15, -0.1) is 0 Å². The molecule has 98 valence electrons. The van der Waals surface area contributed by atoms with E-state index in [2.05, 4.69) is 0 Å². The second-order valence-corrected chi connectivity index (χ2v) is 5.03. The smallest absolute Gasteiger partial charge is 0.227 e. The number of nitrogens with zero attached hydrogens (tertiary/aromatic N) is 1. The molecule has 2 rings (SSSR count). The minimum Gasteiger partial charge on any atom is -0.386 e. The zero-order valence-corrected chi connectivity index (χ0v) is 10.5. The highest BCUT2D eigenvalue weighted by Gasteiger charge is 2.42.